The molecule has 1 amide bonds. The minimum absolute atomic E-state index is 0.00278. The molecule has 0 radical (unpaired) electrons. The Morgan fingerprint density at radius 3 is 2.69 bits per heavy atom. The zero-order valence-corrected chi connectivity index (χ0v) is 14.8. The molecule has 1 aliphatic rings. The third-order valence-corrected chi connectivity index (χ3v) is 5.34. The number of carboxylic acid groups (broad SMARTS) is 1. The first-order valence-corrected chi connectivity index (χ1v) is 9.28. The number of rotatable bonds is 5. The number of aromatic nitrogens is 1. The molecule has 2 aromatic rings. The predicted octanol–water partition coefficient (Wildman–Crippen LogP) is 3.95. The molecular weight excluding hydrogens is 362 g/mol. The van der Waals surface area contributed by atoms with Crippen LogP contribution in [0.25, 0.3) is 10.6 Å². The maximum Gasteiger partial charge on any atom is 0.303 e. The molecule has 1 aromatic heterocycles. The van der Waals surface area contributed by atoms with Gasteiger partial charge in [-0.2, -0.15) is 0 Å². The molecule has 0 spiro atoms. The second-order valence-corrected chi connectivity index (χ2v) is 7.07. The van der Waals surface area contributed by atoms with Gasteiger partial charge in [-0.15, -0.1) is 11.3 Å². The minimum atomic E-state index is -0.894. The van der Waals surface area contributed by atoms with Crippen LogP contribution >= 0.6 is 11.3 Å². The van der Waals surface area contributed by atoms with Crippen molar-refractivity contribution in [1.82, 2.24) is 9.88 Å². The smallest absolute Gasteiger partial charge is 0.303 e. The van der Waals surface area contributed by atoms with Crippen molar-refractivity contribution >= 4 is 23.2 Å². The highest BCUT2D eigenvalue weighted by molar-refractivity contribution is 7.13. The number of aliphatic carboxylic acids is 1. The van der Waals surface area contributed by atoms with E-state index in [0.29, 0.717) is 13.0 Å². The van der Waals surface area contributed by atoms with Crippen LogP contribution < -0.4 is 0 Å². The second-order valence-electron chi connectivity index (χ2n) is 6.22. The third-order valence-electron chi connectivity index (χ3n) is 4.48. The van der Waals surface area contributed by atoms with Crippen LogP contribution in [0.4, 0.5) is 8.78 Å². The molecule has 1 atom stereocenters. The summed E-state index contributed by atoms with van der Waals surface area (Å²) in [4.78, 5) is 29.4. The number of benzene rings is 1. The lowest BCUT2D eigenvalue weighted by Crippen LogP contribution is -2.44. The number of carbonyl (C=O) groups excluding carboxylic acids is 1. The van der Waals surface area contributed by atoms with Gasteiger partial charge in [-0.05, 0) is 37.8 Å². The maximum atomic E-state index is 13.9. The van der Waals surface area contributed by atoms with Crippen molar-refractivity contribution in [1.29, 1.82) is 0 Å². The van der Waals surface area contributed by atoms with E-state index in [2.05, 4.69) is 4.98 Å². The van der Waals surface area contributed by atoms with Gasteiger partial charge >= 0.3 is 5.97 Å². The van der Waals surface area contributed by atoms with Crippen LogP contribution in [0.1, 0.15) is 42.6 Å². The van der Waals surface area contributed by atoms with E-state index in [-0.39, 0.29) is 34.6 Å². The number of halogens is 2. The van der Waals surface area contributed by atoms with Gasteiger partial charge in [-0.25, -0.2) is 13.8 Å². The van der Waals surface area contributed by atoms with Crippen molar-refractivity contribution in [2.24, 2.45) is 0 Å². The van der Waals surface area contributed by atoms with Crippen LogP contribution in [-0.2, 0) is 4.79 Å². The van der Waals surface area contributed by atoms with Crippen LogP contribution in [0, 0.1) is 11.6 Å². The average molecular weight is 380 g/mol. The van der Waals surface area contributed by atoms with Gasteiger partial charge in [-0.3, -0.25) is 9.59 Å². The molecule has 1 aliphatic heterocycles. The molecular formula is C18H18F2N2O3S. The fourth-order valence-corrected chi connectivity index (χ4v) is 4.03. The molecule has 2 heterocycles. The Bertz CT molecular complexity index is 804. The zero-order valence-electron chi connectivity index (χ0n) is 14.0. The number of nitrogens with zero attached hydrogens (tertiary/aromatic N) is 2. The largest absolute Gasteiger partial charge is 0.481 e. The lowest BCUT2D eigenvalue weighted by molar-refractivity contribution is -0.137. The van der Waals surface area contributed by atoms with E-state index in [1.54, 1.807) is 4.90 Å². The van der Waals surface area contributed by atoms with Crippen molar-refractivity contribution in [2.45, 2.75) is 38.1 Å². The Labute approximate surface area is 153 Å². The number of carbonyl (C=O) groups is 2. The van der Waals surface area contributed by atoms with Crippen molar-refractivity contribution in [3.05, 3.63) is 40.9 Å². The molecule has 1 aromatic carbocycles. The molecule has 5 nitrogen and oxygen atoms in total. The highest BCUT2D eigenvalue weighted by atomic mass is 32.1. The second kappa shape index (κ2) is 7.90. The number of piperidine rings is 1. The average Bonchev–Trinajstić information content (AvgIpc) is 3.09. The minimum Gasteiger partial charge on any atom is -0.481 e. The van der Waals surface area contributed by atoms with Gasteiger partial charge in [0, 0.05) is 24.4 Å². The standard InChI is InChI=1S/C18H18F2N2O3S/c19-12-5-3-6-13(20)16(12)17-21-14(10-26-17)18(25)22-9-2-1-4-11(22)7-8-15(23)24/h3,5-6,10-11H,1-2,4,7-9H2,(H,23,24). The summed E-state index contributed by atoms with van der Waals surface area (Å²) in [5.74, 6) is -2.67. The first kappa shape index (κ1) is 18.4. The number of hydrogen-bond donors (Lipinski definition) is 1. The summed E-state index contributed by atoms with van der Waals surface area (Å²) in [5, 5.41) is 10.5. The number of likely N-dealkylation sites (tertiary alicyclic amines) is 1. The molecule has 1 N–H and O–H groups in total. The van der Waals surface area contributed by atoms with Gasteiger partial charge in [0.15, 0.2) is 0 Å². The molecule has 3 rings (SSSR count). The van der Waals surface area contributed by atoms with E-state index >= 15 is 0 Å². The van der Waals surface area contributed by atoms with Crippen LogP contribution in [0.15, 0.2) is 23.6 Å². The van der Waals surface area contributed by atoms with E-state index in [4.69, 9.17) is 5.11 Å². The normalized spacial score (nSPS) is 17.3. The van der Waals surface area contributed by atoms with Crippen LogP contribution in [-0.4, -0.2) is 39.5 Å². The lowest BCUT2D eigenvalue weighted by Gasteiger charge is -2.35. The molecule has 0 aliphatic carbocycles. The van der Waals surface area contributed by atoms with Crippen molar-refractivity contribution in [2.75, 3.05) is 6.54 Å². The predicted molar refractivity (Wildman–Crippen MR) is 93.0 cm³/mol. The SMILES string of the molecule is O=C(O)CCC1CCCCN1C(=O)c1csc(-c2c(F)cccc2F)n1. The fourth-order valence-electron chi connectivity index (χ4n) is 3.19. The Morgan fingerprint density at radius 1 is 1.27 bits per heavy atom. The van der Waals surface area contributed by atoms with Gasteiger partial charge in [-0.1, -0.05) is 6.07 Å². The molecule has 8 heteroatoms. The van der Waals surface area contributed by atoms with Crippen molar-refractivity contribution in [3.63, 3.8) is 0 Å². The van der Waals surface area contributed by atoms with Crippen LogP contribution in [0.3, 0.4) is 0 Å². The fraction of sp³-hybridized carbons (Fsp3) is 0.389. The van der Waals surface area contributed by atoms with E-state index in [1.165, 1.54) is 11.4 Å². The number of carboxylic acids is 1. The Kier molecular flexibility index (Phi) is 5.61. The van der Waals surface area contributed by atoms with E-state index in [0.717, 1.165) is 42.7 Å². The summed E-state index contributed by atoms with van der Waals surface area (Å²) in [6.45, 7) is 0.532. The molecule has 26 heavy (non-hydrogen) atoms. The third kappa shape index (κ3) is 3.90. The summed E-state index contributed by atoms with van der Waals surface area (Å²) in [6.07, 6.45) is 2.92. The first-order chi connectivity index (χ1) is 12.5. The number of hydrogen-bond acceptors (Lipinski definition) is 4. The Balaban J connectivity index is 1.81. The summed E-state index contributed by atoms with van der Waals surface area (Å²) in [5.41, 5.74) is -0.104. The van der Waals surface area contributed by atoms with Gasteiger partial charge < -0.3 is 10.0 Å². The topological polar surface area (TPSA) is 70.5 Å². The monoisotopic (exact) mass is 380 g/mol. The lowest BCUT2D eigenvalue weighted by atomic mass is 9.97. The Morgan fingerprint density at radius 2 is 2.00 bits per heavy atom. The van der Waals surface area contributed by atoms with Gasteiger partial charge in [0.1, 0.15) is 22.3 Å². The molecule has 1 unspecified atom stereocenters. The summed E-state index contributed by atoms with van der Waals surface area (Å²) >= 11 is 1.01. The number of thiazole rings is 1. The van der Waals surface area contributed by atoms with Gasteiger partial charge in [0.2, 0.25) is 0 Å². The molecule has 138 valence electrons. The zero-order chi connectivity index (χ0) is 18.7. The van der Waals surface area contributed by atoms with Crippen LogP contribution in [0.5, 0.6) is 0 Å². The summed E-state index contributed by atoms with van der Waals surface area (Å²) < 4.78 is 27.8. The van der Waals surface area contributed by atoms with Crippen LogP contribution in [0.2, 0.25) is 0 Å². The molecule has 1 saturated heterocycles. The maximum absolute atomic E-state index is 13.9. The molecule has 0 bridgehead atoms. The van der Waals surface area contributed by atoms with Crippen molar-refractivity contribution < 1.29 is 23.5 Å². The van der Waals surface area contributed by atoms with E-state index in [1.807, 2.05) is 0 Å². The number of amides is 1. The van der Waals surface area contributed by atoms with E-state index < -0.39 is 17.6 Å². The van der Waals surface area contributed by atoms with E-state index in [9.17, 15) is 18.4 Å². The molecule has 1 fully saturated rings. The Hall–Kier alpha value is -2.35. The van der Waals surface area contributed by atoms with Gasteiger partial charge in [0.05, 0.1) is 5.56 Å². The quantitative estimate of drug-likeness (QED) is 0.853. The van der Waals surface area contributed by atoms with Crippen molar-refractivity contribution in [3.8, 4) is 10.6 Å². The summed E-state index contributed by atoms with van der Waals surface area (Å²) in [6, 6.07) is 3.42. The molecule has 0 saturated carbocycles. The summed E-state index contributed by atoms with van der Waals surface area (Å²) in [7, 11) is 0. The van der Waals surface area contributed by atoms with Gasteiger partial charge in [0.25, 0.3) is 5.91 Å². The highest BCUT2D eigenvalue weighted by Crippen LogP contribution is 2.30. The highest BCUT2D eigenvalue weighted by Gasteiger charge is 2.29. The first-order valence-electron chi connectivity index (χ1n) is 8.40.